The maximum atomic E-state index is 5.56. The largest absolute Gasteiger partial charge is 0.496 e. The molecule has 1 atom stereocenters. The molecule has 14 heavy (non-hydrogen) atoms. The van der Waals surface area contributed by atoms with Gasteiger partial charge in [0.25, 0.3) is 0 Å². The van der Waals surface area contributed by atoms with Crippen LogP contribution in [0.1, 0.15) is 24.4 Å². The van der Waals surface area contributed by atoms with Crippen molar-refractivity contribution >= 4 is 0 Å². The first kappa shape index (κ1) is 9.49. The number of hydrazine groups is 1. The van der Waals surface area contributed by atoms with Crippen LogP contribution < -0.4 is 16.0 Å². The van der Waals surface area contributed by atoms with Crippen LogP contribution in [0.5, 0.6) is 5.75 Å². The number of rotatable bonds is 4. The van der Waals surface area contributed by atoms with Crippen LogP contribution in [0.4, 0.5) is 0 Å². The number of hydrogen-bond acceptors (Lipinski definition) is 3. The average Bonchev–Trinajstić information content (AvgIpc) is 3.04. The fourth-order valence-electron chi connectivity index (χ4n) is 1.83. The average molecular weight is 192 g/mol. The lowest BCUT2D eigenvalue weighted by Crippen LogP contribution is -2.29. The molecule has 2 rings (SSSR count). The van der Waals surface area contributed by atoms with Crippen molar-refractivity contribution < 1.29 is 4.74 Å². The van der Waals surface area contributed by atoms with Crippen LogP contribution in [0.15, 0.2) is 24.3 Å². The number of nitrogens with two attached hydrogens (primary N) is 1. The van der Waals surface area contributed by atoms with Crippen molar-refractivity contribution in [1.82, 2.24) is 5.43 Å². The van der Waals surface area contributed by atoms with Crippen LogP contribution in [-0.4, -0.2) is 7.11 Å². The van der Waals surface area contributed by atoms with Gasteiger partial charge in [-0.25, -0.2) is 0 Å². The Labute approximate surface area is 84.2 Å². The monoisotopic (exact) mass is 192 g/mol. The Hall–Kier alpha value is -1.06. The second-order valence-electron chi connectivity index (χ2n) is 3.72. The van der Waals surface area contributed by atoms with Crippen LogP contribution in [0.25, 0.3) is 0 Å². The molecule has 3 nitrogen and oxygen atoms in total. The van der Waals surface area contributed by atoms with Gasteiger partial charge in [-0.15, -0.1) is 0 Å². The van der Waals surface area contributed by atoms with Gasteiger partial charge in [0, 0.05) is 5.56 Å². The van der Waals surface area contributed by atoms with Gasteiger partial charge in [-0.3, -0.25) is 11.3 Å². The quantitative estimate of drug-likeness (QED) is 0.563. The lowest BCUT2D eigenvalue weighted by atomic mass is 10.0. The molecular formula is C11H16N2O. The molecule has 0 radical (unpaired) electrons. The number of benzene rings is 1. The molecule has 1 unspecified atom stereocenters. The summed E-state index contributed by atoms with van der Waals surface area (Å²) in [4.78, 5) is 0. The molecule has 0 amide bonds. The van der Waals surface area contributed by atoms with E-state index in [9.17, 15) is 0 Å². The number of ether oxygens (including phenoxy) is 1. The molecule has 3 N–H and O–H groups in total. The van der Waals surface area contributed by atoms with Gasteiger partial charge in [-0.05, 0) is 24.8 Å². The lowest BCUT2D eigenvalue weighted by Gasteiger charge is -2.18. The molecule has 0 spiro atoms. The van der Waals surface area contributed by atoms with Gasteiger partial charge in [0.05, 0.1) is 13.2 Å². The zero-order valence-corrected chi connectivity index (χ0v) is 8.36. The van der Waals surface area contributed by atoms with E-state index in [4.69, 9.17) is 10.6 Å². The number of para-hydroxylation sites is 1. The fourth-order valence-corrected chi connectivity index (χ4v) is 1.83. The highest BCUT2D eigenvalue weighted by atomic mass is 16.5. The third kappa shape index (κ3) is 1.74. The standard InChI is InChI=1S/C11H16N2O/c1-14-10-5-3-2-4-9(10)11(13-12)8-6-7-8/h2-5,8,11,13H,6-7,12H2,1H3. The van der Waals surface area contributed by atoms with E-state index in [1.54, 1.807) is 7.11 Å². The molecule has 1 aliphatic rings. The van der Waals surface area contributed by atoms with Crippen molar-refractivity contribution in [2.75, 3.05) is 7.11 Å². The summed E-state index contributed by atoms with van der Waals surface area (Å²) >= 11 is 0. The van der Waals surface area contributed by atoms with Gasteiger partial charge >= 0.3 is 0 Å². The summed E-state index contributed by atoms with van der Waals surface area (Å²) in [6, 6.07) is 8.28. The van der Waals surface area contributed by atoms with Gasteiger partial charge < -0.3 is 4.74 Å². The first-order valence-corrected chi connectivity index (χ1v) is 4.96. The third-order valence-electron chi connectivity index (χ3n) is 2.75. The first-order chi connectivity index (χ1) is 6.86. The zero-order chi connectivity index (χ0) is 9.97. The summed E-state index contributed by atoms with van der Waals surface area (Å²) in [6.07, 6.45) is 2.51. The van der Waals surface area contributed by atoms with E-state index in [-0.39, 0.29) is 6.04 Å². The van der Waals surface area contributed by atoms with Gasteiger partial charge in [-0.1, -0.05) is 18.2 Å². The van der Waals surface area contributed by atoms with E-state index in [2.05, 4.69) is 11.5 Å². The Bertz CT molecular complexity index is 310. The molecule has 1 aliphatic carbocycles. The van der Waals surface area contributed by atoms with E-state index in [0.29, 0.717) is 5.92 Å². The Morgan fingerprint density at radius 2 is 2.14 bits per heavy atom. The van der Waals surface area contributed by atoms with Crippen LogP contribution in [0.3, 0.4) is 0 Å². The molecular weight excluding hydrogens is 176 g/mol. The molecule has 0 aromatic heterocycles. The van der Waals surface area contributed by atoms with E-state index in [0.717, 1.165) is 5.75 Å². The zero-order valence-electron chi connectivity index (χ0n) is 8.36. The summed E-state index contributed by atoms with van der Waals surface area (Å²) in [5.74, 6) is 7.16. The minimum atomic E-state index is 0.242. The van der Waals surface area contributed by atoms with Crippen LogP contribution >= 0.6 is 0 Å². The smallest absolute Gasteiger partial charge is 0.123 e. The molecule has 1 aromatic carbocycles. The molecule has 0 bridgehead atoms. The van der Waals surface area contributed by atoms with Gasteiger partial charge in [0.2, 0.25) is 0 Å². The Morgan fingerprint density at radius 1 is 1.43 bits per heavy atom. The van der Waals surface area contributed by atoms with E-state index >= 15 is 0 Å². The molecule has 1 fully saturated rings. The predicted octanol–water partition coefficient (Wildman–Crippen LogP) is 1.61. The summed E-state index contributed by atoms with van der Waals surface area (Å²) in [5, 5.41) is 0. The topological polar surface area (TPSA) is 47.3 Å². The molecule has 3 heteroatoms. The second-order valence-corrected chi connectivity index (χ2v) is 3.72. The second kappa shape index (κ2) is 3.98. The minimum Gasteiger partial charge on any atom is -0.496 e. The summed E-state index contributed by atoms with van der Waals surface area (Å²) in [6.45, 7) is 0. The van der Waals surface area contributed by atoms with E-state index in [1.807, 2.05) is 18.2 Å². The highest BCUT2D eigenvalue weighted by Crippen LogP contribution is 2.42. The van der Waals surface area contributed by atoms with Gasteiger partial charge in [-0.2, -0.15) is 0 Å². The van der Waals surface area contributed by atoms with Crippen molar-refractivity contribution in [2.45, 2.75) is 18.9 Å². The summed E-state index contributed by atoms with van der Waals surface area (Å²) in [5.41, 5.74) is 4.04. The summed E-state index contributed by atoms with van der Waals surface area (Å²) < 4.78 is 5.31. The normalized spacial score (nSPS) is 17.9. The Morgan fingerprint density at radius 3 is 2.71 bits per heavy atom. The van der Waals surface area contributed by atoms with Crippen molar-refractivity contribution in [3.63, 3.8) is 0 Å². The Kier molecular flexibility index (Phi) is 2.70. The van der Waals surface area contributed by atoms with Crippen molar-refractivity contribution in [2.24, 2.45) is 11.8 Å². The molecule has 1 saturated carbocycles. The fraction of sp³-hybridized carbons (Fsp3) is 0.455. The number of methoxy groups -OCH3 is 1. The number of nitrogens with one attached hydrogen (secondary N) is 1. The first-order valence-electron chi connectivity index (χ1n) is 4.96. The molecule has 0 aliphatic heterocycles. The molecule has 0 heterocycles. The van der Waals surface area contributed by atoms with Crippen molar-refractivity contribution in [1.29, 1.82) is 0 Å². The van der Waals surface area contributed by atoms with E-state index < -0.39 is 0 Å². The van der Waals surface area contributed by atoms with Crippen LogP contribution in [0, 0.1) is 5.92 Å². The van der Waals surface area contributed by atoms with Crippen LogP contribution in [-0.2, 0) is 0 Å². The number of hydrogen-bond donors (Lipinski definition) is 2. The highest BCUT2D eigenvalue weighted by Gasteiger charge is 2.32. The predicted molar refractivity (Wildman–Crippen MR) is 55.8 cm³/mol. The lowest BCUT2D eigenvalue weighted by molar-refractivity contribution is 0.392. The Balaban J connectivity index is 2.27. The SMILES string of the molecule is COc1ccccc1C(NN)C1CC1. The summed E-state index contributed by atoms with van der Waals surface area (Å²) in [7, 11) is 1.69. The maximum Gasteiger partial charge on any atom is 0.123 e. The highest BCUT2D eigenvalue weighted by molar-refractivity contribution is 5.36. The minimum absolute atomic E-state index is 0.242. The van der Waals surface area contributed by atoms with Crippen LogP contribution in [0.2, 0.25) is 0 Å². The molecule has 76 valence electrons. The van der Waals surface area contributed by atoms with Crippen molar-refractivity contribution in [3.8, 4) is 5.75 Å². The van der Waals surface area contributed by atoms with Gasteiger partial charge in [0.15, 0.2) is 0 Å². The molecule has 1 aromatic rings. The van der Waals surface area contributed by atoms with Crippen molar-refractivity contribution in [3.05, 3.63) is 29.8 Å². The third-order valence-corrected chi connectivity index (χ3v) is 2.75. The van der Waals surface area contributed by atoms with E-state index in [1.165, 1.54) is 18.4 Å². The maximum absolute atomic E-state index is 5.56. The van der Waals surface area contributed by atoms with Gasteiger partial charge in [0.1, 0.15) is 5.75 Å². The molecule has 0 saturated heterocycles.